The average Bonchev–Trinajstić information content (AvgIpc) is 2.65. The fraction of sp³-hybridized carbons (Fsp3) is 0.111. The van der Waals surface area contributed by atoms with Crippen molar-refractivity contribution in [1.82, 2.24) is 14.8 Å². The van der Waals surface area contributed by atoms with Gasteiger partial charge in [-0.15, -0.1) is 0 Å². The molecule has 0 aromatic carbocycles. The standard InChI is InChI=1S/C9H8F2N4/c10-9(11)7-5-6(1-3-13-7)15-4-2-8(12)14-15/h1-5,9H,(H2,12,14). The van der Waals surface area contributed by atoms with E-state index in [1.54, 1.807) is 18.3 Å². The summed E-state index contributed by atoms with van der Waals surface area (Å²) in [5.74, 6) is 0.338. The molecule has 0 spiro atoms. The Morgan fingerprint density at radius 2 is 2.13 bits per heavy atom. The number of nitrogens with two attached hydrogens (primary N) is 1. The Bertz CT molecular complexity index is 467. The third-order valence-electron chi connectivity index (χ3n) is 1.86. The van der Waals surface area contributed by atoms with Crippen molar-refractivity contribution in [2.24, 2.45) is 0 Å². The molecule has 0 aliphatic rings. The summed E-state index contributed by atoms with van der Waals surface area (Å²) >= 11 is 0. The second kappa shape index (κ2) is 3.64. The van der Waals surface area contributed by atoms with E-state index < -0.39 is 6.43 Å². The minimum absolute atomic E-state index is 0.276. The van der Waals surface area contributed by atoms with Crippen LogP contribution in [0.4, 0.5) is 14.6 Å². The van der Waals surface area contributed by atoms with Crippen LogP contribution in [-0.2, 0) is 0 Å². The van der Waals surface area contributed by atoms with E-state index in [-0.39, 0.29) is 5.69 Å². The molecule has 0 aliphatic heterocycles. The number of nitrogen functional groups attached to an aromatic ring is 1. The Morgan fingerprint density at radius 3 is 2.73 bits per heavy atom. The van der Waals surface area contributed by atoms with Crippen molar-refractivity contribution >= 4 is 5.82 Å². The van der Waals surface area contributed by atoms with Crippen molar-refractivity contribution in [2.75, 3.05) is 5.73 Å². The van der Waals surface area contributed by atoms with E-state index in [2.05, 4.69) is 10.1 Å². The summed E-state index contributed by atoms with van der Waals surface area (Å²) in [6.45, 7) is 0. The van der Waals surface area contributed by atoms with E-state index in [0.29, 0.717) is 11.5 Å². The van der Waals surface area contributed by atoms with Crippen molar-refractivity contribution in [1.29, 1.82) is 0 Å². The van der Waals surface area contributed by atoms with Crippen molar-refractivity contribution in [3.8, 4) is 5.69 Å². The molecule has 2 N–H and O–H groups in total. The second-order valence-electron chi connectivity index (χ2n) is 2.92. The molecule has 2 heterocycles. The molecule has 4 nitrogen and oxygen atoms in total. The molecule has 0 amide bonds. The van der Waals surface area contributed by atoms with Gasteiger partial charge in [-0.2, -0.15) is 5.10 Å². The lowest BCUT2D eigenvalue weighted by Gasteiger charge is -2.03. The zero-order valence-corrected chi connectivity index (χ0v) is 7.64. The number of nitrogens with zero attached hydrogens (tertiary/aromatic N) is 3. The van der Waals surface area contributed by atoms with Crippen molar-refractivity contribution in [3.05, 3.63) is 36.3 Å². The van der Waals surface area contributed by atoms with Crippen LogP contribution in [0.15, 0.2) is 30.6 Å². The molecular formula is C9H8F2N4. The number of alkyl halides is 2. The van der Waals surface area contributed by atoms with Crippen LogP contribution in [-0.4, -0.2) is 14.8 Å². The van der Waals surface area contributed by atoms with Crippen LogP contribution in [0.25, 0.3) is 5.69 Å². The summed E-state index contributed by atoms with van der Waals surface area (Å²) in [6.07, 6.45) is 0.326. The maximum atomic E-state index is 12.4. The van der Waals surface area contributed by atoms with Gasteiger partial charge in [0.2, 0.25) is 0 Å². The summed E-state index contributed by atoms with van der Waals surface area (Å²) in [5, 5.41) is 3.90. The van der Waals surface area contributed by atoms with E-state index in [0.717, 1.165) is 0 Å². The lowest BCUT2D eigenvalue weighted by atomic mass is 10.3. The van der Waals surface area contributed by atoms with Gasteiger partial charge in [0.05, 0.1) is 5.69 Å². The lowest BCUT2D eigenvalue weighted by molar-refractivity contribution is 0.146. The van der Waals surface area contributed by atoms with E-state index in [4.69, 9.17) is 5.73 Å². The molecule has 0 fully saturated rings. The van der Waals surface area contributed by atoms with Gasteiger partial charge in [0.15, 0.2) is 0 Å². The number of anilines is 1. The minimum Gasteiger partial charge on any atom is -0.382 e. The van der Waals surface area contributed by atoms with Crippen molar-refractivity contribution in [3.63, 3.8) is 0 Å². The van der Waals surface area contributed by atoms with Gasteiger partial charge in [0, 0.05) is 18.5 Å². The number of hydrogen-bond acceptors (Lipinski definition) is 3. The quantitative estimate of drug-likeness (QED) is 0.822. The van der Waals surface area contributed by atoms with Gasteiger partial charge in [-0.3, -0.25) is 4.98 Å². The van der Waals surface area contributed by atoms with E-state index in [9.17, 15) is 8.78 Å². The Labute approximate surface area is 84.4 Å². The third-order valence-corrected chi connectivity index (χ3v) is 1.86. The van der Waals surface area contributed by atoms with Crippen LogP contribution >= 0.6 is 0 Å². The fourth-order valence-electron chi connectivity index (χ4n) is 1.18. The summed E-state index contributed by atoms with van der Waals surface area (Å²) < 4.78 is 26.1. The normalized spacial score (nSPS) is 10.9. The van der Waals surface area contributed by atoms with Gasteiger partial charge < -0.3 is 5.73 Å². The molecule has 0 radical (unpaired) electrons. The molecule has 0 atom stereocenters. The Hall–Kier alpha value is -1.98. The highest BCUT2D eigenvalue weighted by Crippen LogP contribution is 2.18. The monoisotopic (exact) mass is 210 g/mol. The Balaban J connectivity index is 2.41. The van der Waals surface area contributed by atoms with Gasteiger partial charge in [-0.1, -0.05) is 0 Å². The summed E-state index contributed by atoms with van der Waals surface area (Å²) in [7, 11) is 0. The van der Waals surface area contributed by atoms with Gasteiger partial charge in [0.1, 0.15) is 11.5 Å². The van der Waals surface area contributed by atoms with Crippen LogP contribution in [0.2, 0.25) is 0 Å². The highest BCUT2D eigenvalue weighted by Gasteiger charge is 2.09. The predicted octanol–water partition coefficient (Wildman–Crippen LogP) is 1.79. The van der Waals surface area contributed by atoms with Crippen LogP contribution in [0.1, 0.15) is 12.1 Å². The molecule has 2 rings (SSSR count). The highest BCUT2D eigenvalue weighted by molar-refractivity contribution is 5.35. The third kappa shape index (κ3) is 1.93. The molecule has 0 aliphatic carbocycles. The van der Waals surface area contributed by atoms with Crippen molar-refractivity contribution in [2.45, 2.75) is 6.43 Å². The zero-order chi connectivity index (χ0) is 10.8. The fourth-order valence-corrected chi connectivity index (χ4v) is 1.18. The first-order chi connectivity index (χ1) is 7.16. The lowest BCUT2D eigenvalue weighted by Crippen LogP contribution is -1.99. The average molecular weight is 210 g/mol. The molecular weight excluding hydrogens is 202 g/mol. The number of aromatic nitrogens is 3. The molecule has 15 heavy (non-hydrogen) atoms. The van der Waals surface area contributed by atoms with Crippen LogP contribution in [0.3, 0.4) is 0 Å². The number of pyridine rings is 1. The molecule has 0 saturated carbocycles. The number of halogens is 2. The number of hydrogen-bond donors (Lipinski definition) is 1. The molecule has 78 valence electrons. The Morgan fingerprint density at radius 1 is 1.33 bits per heavy atom. The largest absolute Gasteiger partial charge is 0.382 e. The predicted molar refractivity (Wildman–Crippen MR) is 50.7 cm³/mol. The van der Waals surface area contributed by atoms with Crippen LogP contribution in [0.5, 0.6) is 0 Å². The van der Waals surface area contributed by atoms with Gasteiger partial charge >= 0.3 is 0 Å². The van der Waals surface area contributed by atoms with Crippen LogP contribution in [0, 0.1) is 0 Å². The van der Waals surface area contributed by atoms with E-state index in [1.165, 1.54) is 16.9 Å². The van der Waals surface area contributed by atoms with Crippen LogP contribution < -0.4 is 5.73 Å². The molecule has 2 aromatic rings. The molecule has 6 heteroatoms. The summed E-state index contributed by atoms with van der Waals surface area (Å²) in [4.78, 5) is 3.55. The SMILES string of the molecule is Nc1ccn(-c2ccnc(C(F)F)c2)n1. The molecule has 0 saturated heterocycles. The van der Waals surface area contributed by atoms with Gasteiger partial charge in [-0.05, 0) is 12.1 Å². The van der Waals surface area contributed by atoms with Crippen molar-refractivity contribution < 1.29 is 8.78 Å². The number of rotatable bonds is 2. The maximum absolute atomic E-state index is 12.4. The minimum atomic E-state index is -2.59. The summed E-state index contributed by atoms with van der Waals surface area (Å²) in [6, 6.07) is 4.44. The Kier molecular flexibility index (Phi) is 2.32. The first-order valence-electron chi connectivity index (χ1n) is 4.22. The van der Waals surface area contributed by atoms with Gasteiger partial charge in [-0.25, -0.2) is 13.5 Å². The summed E-state index contributed by atoms with van der Waals surface area (Å²) in [5.41, 5.74) is 5.65. The van der Waals surface area contributed by atoms with E-state index in [1.807, 2.05) is 0 Å². The molecule has 0 unspecified atom stereocenters. The highest BCUT2D eigenvalue weighted by atomic mass is 19.3. The first-order valence-corrected chi connectivity index (χ1v) is 4.22. The zero-order valence-electron chi connectivity index (χ0n) is 7.64. The van der Waals surface area contributed by atoms with Gasteiger partial charge in [0.25, 0.3) is 6.43 Å². The first kappa shape index (κ1) is 9.57. The topological polar surface area (TPSA) is 56.7 Å². The maximum Gasteiger partial charge on any atom is 0.280 e. The molecule has 0 bridgehead atoms. The second-order valence-corrected chi connectivity index (χ2v) is 2.92. The molecule has 2 aromatic heterocycles. The van der Waals surface area contributed by atoms with E-state index >= 15 is 0 Å². The smallest absolute Gasteiger partial charge is 0.280 e.